The molecule has 1 N–H and O–H groups in total. The minimum Gasteiger partial charge on any atom is -0.369 e. The highest BCUT2D eigenvalue weighted by Crippen LogP contribution is 2.29. The molecular formula is C23H24ClN3O3S2. The van der Waals surface area contributed by atoms with Crippen molar-refractivity contribution < 1.29 is 13.2 Å². The van der Waals surface area contributed by atoms with E-state index < -0.39 is 15.9 Å². The van der Waals surface area contributed by atoms with Crippen molar-refractivity contribution in [1.29, 1.82) is 0 Å². The number of rotatable bonds is 5. The predicted molar refractivity (Wildman–Crippen MR) is 131 cm³/mol. The van der Waals surface area contributed by atoms with E-state index in [1.807, 2.05) is 0 Å². The van der Waals surface area contributed by atoms with Crippen LogP contribution in [0.15, 0.2) is 58.8 Å². The molecular weight excluding hydrogens is 466 g/mol. The van der Waals surface area contributed by atoms with Crippen LogP contribution in [0.2, 0.25) is 5.02 Å². The summed E-state index contributed by atoms with van der Waals surface area (Å²) in [7, 11) is -3.78. The molecule has 9 heteroatoms. The molecule has 0 aliphatic carbocycles. The number of nitrogens with one attached hydrogen (secondary N) is 1. The summed E-state index contributed by atoms with van der Waals surface area (Å²) in [5, 5.41) is 4.94. The monoisotopic (exact) mass is 489 g/mol. The lowest BCUT2D eigenvalue weighted by molar-refractivity contribution is 0.102. The van der Waals surface area contributed by atoms with Crippen LogP contribution in [0, 0.1) is 13.8 Å². The van der Waals surface area contributed by atoms with Gasteiger partial charge in [-0.2, -0.15) is 4.31 Å². The summed E-state index contributed by atoms with van der Waals surface area (Å²) < 4.78 is 28.2. The number of amides is 1. The summed E-state index contributed by atoms with van der Waals surface area (Å²) in [6.45, 7) is 6.04. The number of benzene rings is 2. The lowest BCUT2D eigenvalue weighted by Gasteiger charge is -2.36. The molecule has 1 aliphatic heterocycles. The third-order valence-corrected chi connectivity index (χ3v) is 8.73. The van der Waals surface area contributed by atoms with Crippen LogP contribution >= 0.6 is 22.9 Å². The van der Waals surface area contributed by atoms with E-state index in [1.165, 1.54) is 21.5 Å². The maximum Gasteiger partial charge on any atom is 0.267 e. The van der Waals surface area contributed by atoms with Gasteiger partial charge in [0.15, 0.2) is 0 Å². The Morgan fingerprint density at radius 3 is 2.38 bits per heavy atom. The van der Waals surface area contributed by atoms with Crippen LogP contribution in [0.5, 0.6) is 0 Å². The molecule has 0 atom stereocenters. The molecule has 0 saturated carbocycles. The van der Waals surface area contributed by atoms with Gasteiger partial charge in [-0.1, -0.05) is 23.7 Å². The molecule has 0 spiro atoms. The fraction of sp³-hybridized carbons (Fsp3) is 0.261. The van der Waals surface area contributed by atoms with Gasteiger partial charge in [-0.05, 0) is 66.8 Å². The normalized spacial score (nSPS) is 15.0. The van der Waals surface area contributed by atoms with Gasteiger partial charge in [0, 0.05) is 42.6 Å². The van der Waals surface area contributed by atoms with E-state index in [1.54, 1.807) is 29.6 Å². The van der Waals surface area contributed by atoms with Crippen molar-refractivity contribution in [3.8, 4) is 0 Å². The Kier molecular flexibility index (Phi) is 6.57. The number of sulfonamides is 1. The molecule has 1 saturated heterocycles. The van der Waals surface area contributed by atoms with Crippen molar-refractivity contribution in [2.75, 3.05) is 36.4 Å². The van der Waals surface area contributed by atoms with E-state index in [9.17, 15) is 13.2 Å². The zero-order valence-electron chi connectivity index (χ0n) is 17.8. The molecule has 32 heavy (non-hydrogen) atoms. The van der Waals surface area contributed by atoms with E-state index in [-0.39, 0.29) is 9.77 Å². The number of carbonyl (C=O) groups excluding carboxylic acids is 1. The highest BCUT2D eigenvalue weighted by Gasteiger charge is 2.33. The van der Waals surface area contributed by atoms with Crippen LogP contribution in [-0.4, -0.2) is 44.8 Å². The number of hydrogen-bond acceptors (Lipinski definition) is 5. The third-order valence-electron chi connectivity index (χ3n) is 5.50. The van der Waals surface area contributed by atoms with E-state index in [0.29, 0.717) is 36.9 Å². The second-order valence-corrected chi connectivity index (χ2v) is 11.0. The molecule has 4 rings (SSSR count). The van der Waals surface area contributed by atoms with Gasteiger partial charge in [0.25, 0.3) is 5.91 Å². The van der Waals surface area contributed by atoms with E-state index in [2.05, 4.69) is 42.3 Å². The first kappa shape index (κ1) is 22.8. The van der Waals surface area contributed by atoms with Crippen molar-refractivity contribution in [3.05, 3.63) is 74.9 Å². The van der Waals surface area contributed by atoms with E-state index >= 15 is 0 Å². The molecule has 0 bridgehead atoms. The van der Waals surface area contributed by atoms with Gasteiger partial charge >= 0.3 is 0 Å². The molecule has 1 aromatic heterocycles. The van der Waals surface area contributed by atoms with Crippen LogP contribution < -0.4 is 10.2 Å². The molecule has 3 aromatic rings. The van der Waals surface area contributed by atoms with Crippen LogP contribution in [0.1, 0.15) is 20.8 Å². The molecule has 6 nitrogen and oxygen atoms in total. The number of thiophene rings is 1. The van der Waals surface area contributed by atoms with Crippen LogP contribution in [0.4, 0.5) is 11.4 Å². The summed E-state index contributed by atoms with van der Waals surface area (Å²) in [5.41, 5.74) is 4.04. The lowest BCUT2D eigenvalue weighted by atomic mass is 10.1. The molecule has 0 unspecified atom stereocenters. The maximum atomic E-state index is 13.4. The molecule has 2 heterocycles. The van der Waals surface area contributed by atoms with Crippen LogP contribution in [0.3, 0.4) is 0 Å². The summed E-state index contributed by atoms with van der Waals surface area (Å²) >= 11 is 7.00. The predicted octanol–water partition coefficient (Wildman–Crippen LogP) is 4.78. The van der Waals surface area contributed by atoms with Gasteiger partial charge in [-0.3, -0.25) is 4.79 Å². The summed E-state index contributed by atoms with van der Waals surface area (Å²) in [6.07, 6.45) is 0. The van der Waals surface area contributed by atoms with Gasteiger partial charge < -0.3 is 10.2 Å². The highest BCUT2D eigenvalue weighted by atomic mass is 35.5. The van der Waals surface area contributed by atoms with Crippen LogP contribution in [-0.2, 0) is 10.0 Å². The minimum absolute atomic E-state index is 0.0501. The topological polar surface area (TPSA) is 69.7 Å². The molecule has 168 valence electrons. The lowest BCUT2D eigenvalue weighted by Crippen LogP contribution is -2.49. The van der Waals surface area contributed by atoms with Crippen LogP contribution in [0.25, 0.3) is 0 Å². The Balaban J connectivity index is 1.49. The molecule has 0 radical (unpaired) electrons. The second-order valence-electron chi connectivity index (χ2n) is 7.76. The van der Waals surface area contributed by atoms with Crippen molar-refractivity contribution >= 4 is 50.2 Å². The van der Waals surface area contributed by atoms with Gasteiger partial charge in [0.05, 0.1) is 0 Å². The first-order valence-electron chi connectivity index (χ1n) is 10.2. The summed E-state index contributed by atoms with van der Waals surface area (Å²) in [5.74, 6) is -0.449. The Labute approximate surface area is 197 Å². The number of carbonyl (C=O) groups is 1. The number of halogens is 1. The molecule has 2 aromatic carbocycles. The fourth-order valence-electron chi connectivity index (χ4n) is 3.76. The fourth-order valence-corrected chi connectivity index (χ4v) is 6.60. The zero-order chi connectivity index (χ0) is 22.9. The van der Waals surface area contributed by atoms with Gasteiger partial charge in [-0.15, -0.1) is 11.3 Å². The van der Waals surface area contributed by atoms with Crippen molar-refractivity contribution in [2.24, 2.45) is 0 Å². The van der Waals surface area contributed by atoms with E-state index in [0.717, 1.165) is 17.0 Å². The standard InChI is InChI=1S/C23H24ClN3O3S2/c1-16-3-4-17(2)20(15-16)26-10-12-27(13-11-26)32(29,30)21-9-14-31-22(21)23(28)25-19-7-5-18(24)6-8-19/h3-9,14-15H,10-13H2,1-2H3,(H,25,28). The number of anilines is 2. The average molecular weight is 490 g/mol. The molecule has 1 fully saturated rings. The van der Waals surface area contributed by atoms with E-state index in [4.69, 9.17) is 11.6 Å². The zero-order valence-corrected chi connectivity index (χ0v) is 20.2. The Hall–Kier alpha value is -2.39. The third kappa shape index (κ3) is 4.68. The smallest absolute Gasteiger partial charge is 0.267 e. The number of hydrogen-bond donors (Lipinski definition) is 1. The average Bonchev–Trinajstić information content (AvgIpc) is 3.28. The Morgan fingerprint density at radius 2 is 1.69 bits per heavy atom. The number of aryl methyl sites for hydroxylation is 2. The molecule has 1 amide bonds. The first-order valence-corrected chi connectivity index (χ1v) is 12.9. The summed E-state index contributed by atoms with van der Waals surface area (Å²) in [6, 6.07) is 14.5. The second kappa shape index (κ2) is 9.23. The first-order chi connectivity index (χ1) is 15.3. The van der Waals surface area contributed by atoms with Gasteiger partial charge in [-0.25, -0.2) is 8.42 Å². The number of nitrogens with zero attached hydrogens (tertiary/aromatic N) is 2. The van der Waals surface area contributed by atoms with Gasteiger partial charge in [0.2, 0.25) is 10.0 Å². The summed E-state index contributed by atoms with van der Waals surface area (Å²) in [4.78, 5) is 15.2. The number of piperazine rings is 1. The maximum absolute atomic E-state index is 13.4. The van der Waals surface area contributed by atoms with Gasteiger partial charge in [0.1, 0.15) is 9.77 Å². The Morgan fingerprint density at radius 1 is 1.00 bits per heavy atom. The Bertz CT molecular complexity index is 1230. The molecule has 1 aliphatic rings. The van der Waals surface area contributed by atoms with Crippen molar-refractivity contribution in [2.45, 2.75) is 18.7 Å². The largest absolute Gasteiger partial charge is 0.369 e. The van der Waals surface area contributed by atoms with Crippen molar-refractivity contribution in [1.82, 2.24) is 4.31 Å². The van der Waals surface area contributed by atoms with Crippen molar-refractivity contribution in [3.63, 3.8) is 0 Å². The quantitative estimate of drug-likeness (QED) is 0.560. The highest BCUT2D eigenvalue weighted by molar-refractivity contribution is 7.89. The minimum atomic E-state index is -3.78. The SMILES string of the molecule is Cc1ccc(C)c(N2CCN(S(=O)(=O)c3ccsc3C(=O)Nc3ccc(Cl)cc3)CC2)c1.